The van der Waals surface area contributed by atoms with Gasteiger partial charge in [0.2, 0.25) is 5.91 Å². The van der Waals surface area contributed by atoms with E-state index in [0.717, 1.165) is 0 Å². The third-order valence-corrected chi connectivity index (χ3v) is 4.28. The van der Waals surface area contributed by atoms with Crippen LogP contribution in [0.5, 0.6) is 0 Å². The number of hydrogen-bond acceptors (Lipinski definition) is 4. The van der Waals surface area contributed by atoms with E-state index in [4.69, 9.17) is 4.74 Å². The predicted octanol–water partition coefficient (Wildman–Crippen LogP) is 0.792. The summed E-state index contributed by atoms with van der Waals surface area (Å²) < 4.78 is 18.9. The van der Waals surface area contributed by atoms with Gasteiger partial charge in [-0.15, -0.1) is 0 Å². The zero-order chi connectivity index (χ0) is 15.5. The van der Waals surface area contributed by atoms with Crippen LogP contribution in [-0.2, 0) is 9.53 Å². The van der Waals surface area contributed by atoms with Crippen molar-refractivity contribution in [1.82, 2.24) is 9.80 Å². The minimum Gasteiger partial charge on any atom is -0.391 e. The molecule has 5 nitrogen and oxygen atoms in total. The molecule has 120 valence electrons. The largest absolute Gasteiger partial charge is 0.391 e. The SMILES string of the molecule is O=C(C(c1cccc(F)c1)N1CCOCC1)N1CC[C@@H](O)C1. The maximum atomic E-state index is 13.6. The van der Waals surface area contributed by atoms with Crippen LogP contribution in [0.2, 0.25) is 0 Å². The van der Waals surface area contributed by atoms with Gasteiger partial charge in [0.05, 0.1) is 19.3 Å². The van der Waals surface area contributed by atoms with E-state index in [-0.39, 0.29) is 11.7 Å². The van der Waals surface area contributed by atoms with Crippen LogP contribution in [-0.4, -0.2) is 66.3 Å². The molecule has 0 spiro atoms. The maximum Gasteiger partial charge on any atom is 0.244 e. The van der Waals surface area contributed by atoms with E-state index in [1.54, 1.807) is 17.0 Å². The number of ether oxygens (including phenoxy) is 1. The Kier molecular flexibility index (Phi) is 4.71. The number of aliphatic hydroxyl groups is 1. The molecule has 22 heavy (non-hydrogen) atoms. The molecule has 1 unspecified atom stereocenters. The van der Waals surface area contributed by atoms with Crippen LogP contribution in [0.1, 0.15) is 18.0 Å². The molecule has 2 aliphatic rings. The van der Waals surface area contributed by atoms with Gasteiger partial charge in [-0.05, 0) is 24.1 Å². The first kappa shape index (κ1) is 15.4. The van der Waals surface area contributed by atoms with Crippen molar-refractivity contribution < 1.29 is 19.0 Å². The van der Waals surface area contributed by atoms with Crippen molar-refractivity contribution in [2.45, 2.75) is 18.6 Å². The van der Waals surface area contributed by atoms with E-state index in [2.05, 4.69) is 0 Å². The average Bonchev–Trinajstić information content (AvgIpc) is 2.95. The number of carbonyl (C=O) groups excluding carboxylic acids is 1. The van der Waals surface area contributed by atoms with Crippen molar-refractivity contribution in [3.05, 3.63) is 35.6 Å². The Morgan fingerprint density at radius 1 is 1.32 bits per heavy atom. The molecule has 2 atom stereocenters. The zero-order valence-corrected chi connectivity index (χ0v) is 12.4. The van der Waals surface area contributed by atoms with Gasteiger partial charge in [0.15, 0.2) is 0 Å². The van der Waals surface area contributed by atoms with E-state index in [9.17, 15) is 14.3 Å². The molecule has 2 heterocycles. The Hall–Kier alpha value is -1.50. The van der Waals surface area contributed by atoms with Crippen LogP contribution >= 0.6 is 0 Å². The van der Waals surface area contributed by atoms with Crippen LogP contribution in [0.15, 0.2) is 24.3 Å². The third kappa shape index (κ3) is 3.29. The van der Waals surface area contributed by atoms with E-state index in [1.807, 2.05) is 4.90 Å². The van der Waals surface area contributed by atoms with Crippen molar-refractivity contribution in [2.24, 2.45) is 0 Å². The molecule has 2 saturated heterocycles. The minimum absolute atomic E-state index is 0.0657. The van der Waals surface area contributed by atoms with Gasteiger partial charge in [-0.3, -0.25) is 9.69 Å². The number of carbonyl (C=O) groups is 1. The lowest BCUT2D eigenvalue weighted by molar-refractivity contribution is -0.138. The number of amides is 1. The van der Waals surface area contributed by atoms with Gasteiger partial charge in [0.25, 0.3) is 0 Å². The van der Waals surface area contributed by atoms with Gasteiger partial charge in [0.1, 0.15) is 11.9 Å². The van der Waals surface area contributed by atoms with E-state index in [1.165, 1.54) is 12.1 Å². The van der Waals surface area contributed by atoms with Gasteiger partial charge in [-0.25, -0.2) is 4.39 Å². The number of aliphatic hydroxyl groups excluding tert-OH is 1. The highest BCUT2D eigenvalue weighted by Crippen LogP contribution is 2.26. The van der Waals surface area contributed by atoms with Crippen molar-refractivity contribution in [1.29, 1.82) is 0 Å². The molecular formula is C16H21FN2O3. The summed E-state index contributed by atoms with van der Waals surface area (Å²) in [7, 11) is 0. The topological polar surface area (TPSA) is 53.0 Å². The second-order valence-corrected chi connectivity index (χ2v) is 5.83. The molecule has 3 rings (SSSR count). The highest BCUT2D eigenvalue weighted by atomic mass is 19.1. The molecule has 6 heteroatoms. The lowest BCUT2D eigenvalue weighted by atomic mass is 10.0. The van der Waals surface area contributed by atoms with Crippen LogP contribution in [0.3, 0.4) is 0 Å². The van der Waals surface area contributed by atoms with Crippen LogP contribution in [0.25, 0.3) is 0 Å². The third-order valence-electron chi connectivity index (χ3n) is 4.28. The summed E-state index contributed by atoms with van der Waals surface area (Å²) in [6.45, 7) is 3.33. The molecule has 0 bridgehead atoms. The van der Waals surface area contributed by atoms with E-state index >= 15 is 0 Å². The number of likely N-dealkylation sites (tertiary alicyclic amines) is 1. The maximum absolute atomic E-state index is 13.6. The van der Waals surface area contributed by atoms with Gasteiger partial charge in [-0.1, -0.05) is 12.1 Å². The molecular weight excluding hydrogens is 287 g/mol. The summed E-state index contributed by atoms with van der Waals surface area (Å²) in [6, 6.07) is 5.71. The molecule has 0 radical (unpaired) electrons. The first-order chi connectivity index (χ1) is 10.6. The summed E-state index contributed by atoms with van der Waals surface area (Å²) in [5, 5.41) is 9.67. The first-order valence-corrected chi connectivity index (χ1v) is 7.69. The lowest BCUT2D eigenvalue weighted by Crippen LogP contribution is -2.46. The van der Waals surface area contributed by atoms with Crippen molar-refractivity contribution in [3.63, 3.8) is 0 Å². The summed E-state index contributed by atoms with van der Waals surface area (Å²) in [5.74, 6) is -0.408. The average molecular weight is 308 g/mol. The second kappa shape index (κ2) is 6.73. The highest BCUT2D eigenvalue weighted by molar-refractivity contribution is 5.83. The van der Waals surface area contributed by atoms with Gasteiger partial charge in [-0.2, -0.15) is 0 Å². The fourth-order valence-electron chi connectivity index (χ4n) is 3.14. The number of β-amino-alcohol motifs (C(OH)–C–C–N with tert-alkyl or cyclic N) is 1. The normalized spacial score (nSPS) is 24.5. The standard InChI is InChI=1S/C16H21FN2O3/c17-13-3-1-2-12(10-13)15(18-6-8-22-9-7-18)16(21)19-5-4-14(20)11-19/h1-3,10,14-15,20H,4-9,11H2/t14-,15?/m1/s1. The fourth-order valence-corrected chi connectivity index (χ4v) is 3.14. The fraction of sp³-hybridized carbons (Fsp3) is 0.562. The van der Waals surface area contributed by atoms with Gasteiger partial charge < -0.3 is 14.7 Å². The summed E-state index contributed by atoms with van der Waals surface area (Å²) in [6.07, 6.45) is 0.145. The Morgan fingerprint density at radius 2 is 2.09 bits per heavy atom. The van der Waals surface area contributed by atoms with Gasteiger partial charge >= 0.3 is 0 Å². The smallest absolute Gasteiger partial charge is 0.244 e. The zero-order valence-electron chi connectivity index (χ0n) is 12.4. The quantitative estimate of drug-likeness (QED) is 0.897. The summed E-state index contributed by atoms with van der Waals surface area (Å²) >= 11 is 0. The van der Waals surface area contributed by atoms with Crippen LogP contribution in [0, 0.1) is 5.82 Å². The molecule has 0 aromatic heterocycles. The molecule has 1 N–H and O–H groups in total. The van der Waals surface area contributed by atoms with Crippen LogP contribution < -0.4 is 0 Å². The Morgan fingerprint density at radius 3 is 2.73 bits per heavy atom. The van der Waals surface area contributed by atoms with Crippen molar-refractivity contribution in [2.75, 3.05) is 39.4 Å². The monoisotopic (exact) mass is 308 g/mol. The molecule has 1 aromatic rings. The number of morpholine rings is 1. The number of benzene rings is 1. The van der Waals surface area contributed by atoms with Crippen molar-refractivity contribution in [3.8, 4) is 0 Å². The number of nitrogens with zero attached hydrogens (tertiary/aromatic N) is 2. The first-order valence-electron chi connectivity index (χ1n) is 7.69. The lowest BCUT2D eigenvalue weighted by Gasteiger charge is -2.35. The molecule has 0 saturated carbocycles. The summed E-state index contributed by atoms with van der Waals surface area (Å²) in [5.41, 5.74) is 0.660. The molecule has 1 aromatic carbocycles. The van der Waals surface area contributed by atoms with Gasteiger partial charge in [0, 0.05) is 26.2 Å². The molecule has 0 aliphatic carbocycles. The highest BCUT2D eigenvalue weighted by Gasteiger charge is 2.35. The molecule has 1 amide bonds. The second-order valence-electron chi connectivity index (χ2n) is 5.83. The predicted molar refractivity (Wildman–Crippen MR) is 78.7 cm³/mol. The Bertz CT molecular complexity index is 534. The van der Waals surface area contributed by atoms with Crippen LogP contribution in [0.4, 0.5) is 4.39 Å². The number of hydrogen-bond donors (Lipinski definition) is 1. The molecule has 2 fully saturated rings. The minimum atomic E-state index is -0.509. The van der Waals surface area contributed by atoms with Crippen molar-refractivity contribution >= 4 is 5.91 Å². The van der Waals surface area contributed by atoms with E-state index < -0.39 is 12.1 Å². The molecule has 2 aliphatic heterocycles. The number of halogens is 1. The van der Waals surface area contributed by atoms with E-state index in [0.29, 0.717) is 51.4 Å². The number of rotatable bonds is 3. The Labute approximate surface area is 129 Å². The summed E-state index contributed by atoms with van der Waals surface area (Å²) in [4.78, 5) is 16.6. The Balaban J connectivity index is 1.86.